The number of methoxy groups -OCH3 is 1. The summed E-state index contributed by atoms with van der Waals surface area (Å²) in [6, 6.07) is 4.02. The third kappa shape index (κ3) is 4.80. The highest BCUT2D eigenvalue weighted by Gasteiger charge is 2.31. The van der Waals surface area contributed by atoms with Gasteiger partial charge in [-0.1, -0.05) is 13.0 Å². The molecule has 0 aromatic heterocycles. The largest absolute Gasteiger partial charge is 0.416 e. The van der Waals surface area contributed by atoms with Crippen LogP contribution in [0.3, 0.4) is 0 Å². The molecule has 0 radical (unpaired) electrons. The van der Waals surface area contributed by atoms with Crippen LogP contribution >= 0.6 is 0 Å². The first kappa shape index (κ1) is 17.0. The highest BCUT2D eigenvalue weighted by molar-refractivity contribution is 5.34. The van der Waals surface area contributed by atoms with Gasteiger partial charge in [-0.2, -0.15) is 13.2 Å². The van der Waals surface area contributed by atoms with E-state index in [1.807, 2.05) is 6.92 Å². The van der Waals surface area contributed by atoms with Gasteiger partial charge in [0.2, 0.25) is 0 Å². The second-order valence-corrected chi connectivity index (χ2v) is 4.81. The van der Waals surface area contributed by atoms with Gasteiger partial charge in [-0.05, 0) is 49.6 Å². The van der Waals surface area contributed by atoms with E-state index in [-0.39, 0.29) is 6.04 Å². The Morgan fingerprint density at radius 2 is 2.00 bits per heavy atom. The van der Waals surface area contributed by atoms with Crippen LogP contribution in [0.25, 0.3) is 0 Å². The number of hydrogen-bond donors (Lipinski definition) is 1. The fraction of sp³-hybridized carbons (Fsp3) is 0.600. The molecule has 1 aromatic carbocycles. The van der Waals surface area contributed by atoms with E-state index in [4.69, 9.17) is 4.74 Å². The number of hydrogen-bond acceptors (Lipinski definition) is 2. The Hall–Kier alpha value is -1.07. The van der Waals surface area contributed by atoms with Crippen LogP contribution in [0.5, 0.6) is 0 Å². The van der Waals surface area contributed by atoms with Gasteiger partial charge in [-0.3, -0.25) is 0 Å². The van der Waals surface area contributed by atoms with E-state index in [0.717, 1.165) is 31.0 Å². The molecule has 0 fully saturated rings. The lowest BCUT2D eigenvalue weighted by Crippen LogP contribution is -2.22. The molecular weight excluding hydrogens is 267 g/mol. The van der Waals surface area contributed by atoms with Crippen molar-refractivity contribution in [3.63, 3.8) is 0 Å². The molecule has 0 aliphatic carbocycles. The first-order valence-electron chi connectivity index (χ1n) is 6.80. The summed E-state index contributed by atoms with van der Waals surface area (Å²) in [5.74, 6) is 0. The molecule has 1 aromatic rings. The minimum absolute atomic E-state index is 0.0671. The normalized spacial score (nSPS) is 13.5. The number of rotatable bonds is 7. The van der Waals surface area contributed by atoms with Gasteiger partial charge in [0, 0.05) is 19.8 Å². The molecule has 1 atom stereocenters. The lowest BCUT2D eigenvalue weighted by molar-refractivity contribution is -0.137. The number of halogens is 3. The average molecular weight is 289 g/mol. The fourth-order valence-electron chi connectivity index (χ4n) is 2.29. The maximum Gasteiger partial charge on any atom is 0.416 e. The first-order valence-corrected chi connectivity index (χ1v) is 6.80. The molecule has 2 nitrogen and oxygen atoms in total. The van der Waals surface area contributed by atoms with Gasteiger partial charge in [0.15, 0.2) is 0 Å². The summed E-state index contributed by atoms with van der Waals surface area (Å²) in [5, 5.41) is 3.32. The van der Waals surface area contributed by atoms with E-state index in [0.29, 0.717) is 12.2 Å². The van der Waals surface area contributed by atoms with Crippen molar-refractivity contribution >= 4 is 0 Å². The van der Waals surface area contributed by atoms with Crippen LogP contribution in [-0.4, -0.2) is 20.3 Å². The van der Waals surface area contributed by atoms with Crippen molar-refractivity contribution in [3.8, 4) is 0 Å². The number of ether oxygens (including phenoxy) is 1. The van der Waals surface area contributed by atoms with Crippen molar-refractivity contribution in [2.75, 3.05) is 20.3 Å². The van der Waals surface area contributed by atoms with E-state index in [2.05, 4.69) is 5.32 Å². The van der Waals surface area contributed by atoms with Gasteiger partial charge in [0.1, 0.15) is 0 Å². The highest BCUT2D eigenvalue weighted by Crippen LogP contribution is 2.32. The Balaban J connectivity index is 2.90. The summed E-state index contributed by atoms with van der Waals surface area (Å²) in [5.41, 5.74) is 1.00. The number of aryl methyl sites for hydroxylation is 1. The maximum absolute atomic E-state index is 12.7. The average Bonchev–Trinajstić information content (AvgIpc) is 2.37. The summed E-state index contributed by atoms with van der Waals surface area (Å²) < 4.78 is 43.0. The number of nitrogens with one attached hydrogen (secondary N) is 1. The first-order chi connectivity index (χ1) is 9.40. The second kappa shape index (κ2) is 7.64. The minimum atomic E-state index is -4.28. The predicted octanol–water partition coefficient (Wildman–Crippen LogP) is 4.09. The van der Waals surface area contributed by atoms with Crippen LogP contribution in [0.1, 0.15) is 42.5 Å². The molecule has 114 valence electrons. The molecule has 0 spiro atoms. The van der Waals surface area contributed by atoms with Gasteiger partial charge in [0.05, 0.1) is 5.56 Å². The smallest absolute Gasteiger partial charge is 0.385 e. The van der Waals surface area contributed by atoms with E-state index >= 15 is 0 Å². The zero-order valence-corrected chi connectivity index (χ0v) is 12.2. The summed E-state index contributed by atoms with van der Waals surface area (Å²) in [6.45, 7) is 5.15. The summed E-state index contributed by atoms with van der Waals surface area (Å²) >= 11 is 0. The predicted molar refractivity (Wildman–Crippen MR) is 73.7 cm³/mol. The molecule has 1 N–H and O–H groups in total. The molecule has 0 saturated heterocycles. The van der Waals surface area contributed by atoms with E-state index in [1.165, 1.54) is 6.07 Å². The van der Waals surface area contributed by atoms with Crippen LogP contribution in [-0.2, 0) is 10.9 Å². The van der Waals surface area contributed by atoms with Crippen molar-refractivity contribution in [1.82, 2.24) is 5.32 Å². The van der Waals surface area contributed by atoms with Gasteiger partial charge in [-0.15, -0.1) is 0 Å². The maximum atomic E-state index is 12.7. The van der Waals surface area contributed by atoms with E-state index < -0.39 is 11.7 Å². The van der Waals surface area contributed by atoms with E-state index in [9.17, 15) is 13.2 Å². The van der Waals surface area contributed by atoms with Crippen molar-refractivity contribution in [2.45, 2.75) is 38.9 Å². The van der Waals surface area contributed by atoms with Gasteiger partial charge >= 0.3 is 6.18 Å². The standard InChI is InChI=1S/C15H22F3NO/c1-4-19-14(6-5-9-20-3)13-8-7-12(10-11(13)2)15(16,17)18/h7-8,10,14,19H,4-6,9H2,1-3H3. The van der Waals surface area contributed by atoms with Crippen LogP contribution in [0.4, 0.5) is 13.2 Å². The molecule has 5 heteroatoms. The zero-order valence-electron chi connectivity index (χ0n) is 12.2. The fourth-order valence-corrected chi connectivity index (χ4v) is 2.29. The quantitative estimate of drug-likeness (QED) is 0.763. The van der Waals surface area contributed by atoms with E-state index in [1.54, 1.807) is 20.1 Å². The summed E-state index contributed by atoms with van der Waals surface area (Å²) in [6.07, 6.45) is -2.57. The molecule has 0 heterocycles. The third-order valence-corrected chi connectivity index (χ3v) is 3.26. The Morgan fingerprint density at radius 1 is 1.30 bits per heavy atom. The second-order valence-electron chi connectivity index (χ2n) is 4.81. The summed E-state index contributed by atoms with van der Waals surface area (Å²) in [4.78, 5) is 0. The zero-order chi connectivity index (χ0) is 15.2. The topological polar surface area (TPSA) is 21.3 Å². The Morgan fingerprint density at radius 3 is 2.50 bits per heavy atom. The highest BCUT2D eigenvalue weighted by atomic mass is 19.4. The van der Waals surface area contributed by atoms with Gasteiger partial charge < -0.3 is 10.1 Å². The van der Waals surface area contributed by atoms with Crippen LogP contribution in [0.15, 0.2) is 18.2 Å². The Labute approximate surface area is 118 Å². The number of benzene rings is 1. The Bertz CT molecular complexity index is 418. The molecule has 0 amide bonds. The van der Waals surface area contributed by atoms with Gasteiger partial charge in [0.25, 0.3) is 0 Å². The van der Waals surface area contributed by atoms with Crippen molar-refractivity contribution in [3.05, 3.63) is 34.9 Å². The monoisotopic (exact) mass is 289 g/mol. The minimum Gasteiger partial charge on any atom is -0.385 e. The lowest BCUT2D eigenvalue weighted by atomic mass is 9.95. The Kier molecular flexibility index (Phi) is 6.49. The number of alkyl halides is 3. The SMILES string of the molecule is CCNC(CCCOC)c1ccc(C(F)(F)F)cc1C. The molecule has 0 saturated carbocycles. The lowest BCUT2D eigenvalue weighted by Gasteiger charge is -2.21. The molecule has 1 unspecified atom stereocenters. The van der Waals surface area contributed by atoms with Crippen molar-refractivity contribution in [2.24, 2.45) is 0 Å². The summed E-state index contributed by atoms with van der Waals surface area (Å²) in [7, 11) is 1.64. The molecule has 20 heavy (non-hydrogen) atoms. The molecular formula is C15H22F3NO. The third-order valence-electron chi connectivity index (χ3n) is 3.26. The van der Waals surface area contributed by atoms with Crippen LogP contribution in [0, 0.1) is 6.92 Å². The van der Waals surface area contributed by atoms with Crippen LogP contribution < -0.4 is 5.32 Å². The molecule has 0 aliphatic heterocycles. The van der Waals surface area contributed by atoms with Crippen molar-refractivity contribution in [1.29, 1.82) is 0 Å². The van der Waals surface area contributed by atoms with Crippen LogP contribution in [0.2, 0.25) is 0 Å². The van der Waals surface area contributed by atoms with Gasteiger partial charge in [-0.25, -0.2) is 0 Å². The molecule has 0 bridgehead atoms. The molecule has 0 aliphatic rings. The van der Waals surface area contributed by atoms with Crippen molar-refractivity contribution < 1.29 is 17.9 Å². The molecule has 1 rings (SSSR count).